The minimum Gasteiger partial charge on any atom is -0.393 e. The molecular formula is C21H32O4. The zero-order chi connectivity index (χ0) is 18.3. The lowest BCUT2D eigenvalue weighted by Gasteiger charge is -2.41. The van der Waals surface area contributed by atoms with Crippen LogP contribution >= 0.6 is 0 Å². The molecule has 1 heterocycles. The Morgan fingerprint density at radius 2 is 1.88 bits per heavy atom. The Labute approximate surface area is 151 Å². The molecule has 140 valence electrons. The van der Waals surface area contributed by atoms with E-state index in [2.05, 4.69) is 30.8 Å². The molecule has 0 spiro atoms. The monoisotopic (exact) mass is 348 g/mol. The molecule has 4 unspecified atom stereocenters. The van der Waals surface area contributed by atoms with Crippen molar-refractivity contribution in [3.05, 3.63) is 48.6 Å². The first-order valence-electron chi connectivity index (χ1n) is 9.26. The van der Waals surface area contributed by atoms with E-state index >= 15 is 0 Å². The van der Waals surface area contributed by atoms with Crippen LogP contribution in [-0.2, 0) is 15.9 Å². The lowest BCUT2D eigenvalue weighted by Crippen LogP contribution is -2.45. The van der Waals surface area contributed by atoms with Crippen molar-refractivity contribution in [2.24, 2.45) is 0 Å². The fraction of sp³-hybridized carbons (Fsp3) is 0.619. The highest BCUT2D eigenvalue weighted by Gasteiger charge is 2.36. The molecule has 4 nitrogen and oxygen atoms in total. The molecule has 1 fully saturated rings. The Morgan fingerprint density at radius 1 is 1.20 bits per heavy atom. The smallest absolute Gasteiger partial charge is 0.163 e. The van der Waals surface area contributed by atoms with Gasteiger partial charge in [-0.1, -0.05) is 36.4 Å². The first-order valence-corrected chi connectivity index (χ1v) is 9.26. The van der Waals surface area contributed by atoms with Gasteiger partial charge in [-0.3, -0.25) is 0 Å². The van der Waals surface area contributed by atoms with Crippen LogP contribution in [0.2, 0.25) is 0 Å². The quantitative estimate of drug-likeness (QED) is 0.669. The number of aliphatic hydroxyl groups excluding tert-OH is 2. The Bertz CT molecular complexity index is 514. The second kappa shape index (κ2) is 9.48. The number of hydrogen-bond donors (Lipinski definition) is 2. The first kappa shape index (κ1) is 20.1. The highest BCUT2D eigenvalue weighted by molar-refractivity contribution is 5.14. The summed E-state index contributed by atoms with van der Waals surface area (Å²) < 4.78 is 12.0. The maximum atomic E-state index is 10.2. The largest absolute Gasteiger partial charge is 0.393 e. The molecule has 2 rings (SSSR count). The third-order valence-electron chi connectivity index (χ3n) is 4.58. The molecule has 1 aliphatic heterocycles. The van der Waals surface area contributed by atoms with Crippen molar-refractivity contribution in [1.29, 1.82) is 0 Å². The average molecular weight is 348 g/mol. The van der Waals surface area contributed by atoms with E-state index in [0.717, 1.165) is 25.7 Å². The predicted octanol–water partition coefficient (Wildman–Crippen LogP) is 3.61. The van der Waals surface area contributed by atoms with Gasteiger partial charge in [0.05, 0.1) is 24.4 Å². The summed E-state index contributed by atoms with van der Waals surface area (Å²) in [6, 6.07) is 10.5. The number of hydrogen-bond acceptors (Lipinski definition) is 4. The average Bonchev–Trinajstić information content (AvgIpc) is 2.54. The van der Waals surface area contributed by atoms with E-state index in [1.54, 1.807) is 0 Å². The van der Waals surface area contributed by atoms with Gasteiger partial charge >= 0.3 is 0 Å². The molecule has 0 bridgehead atoms. The van der Waals surface area contributed by atoms with Gasteiger partial charge < -0.3 is 19.7 Å². The lowest BCUT2D eigenvalue weighted by atomic mass is 9.96. The van der Waals surface area contributed by atoms with Crippen molar-refractivity contribution in [2.75, 3.05) is 0 Å². The SMILES string of the molecule is C=CC(O)CC(O)CC1CC(CCCc2ccccc2)OC(C)(C)O1. The fourth-order valence-corrected chi connectivity index (χ4v) is 3.49. The molecule has 0 aliphatic carbocycles. The van der Waals surface area contributed by atoms with Crippen molar-refractivity contribution in [3.8, 4) is 0 Å². The van der Waals surface area contributed by atoms with E-state index in [9.17, 15) is 10.2 Å². The maximum absolute atomic E-state index is 10.2. The number of rotatable bonds is 9. The molecular weight excluding hydrogens is 316 g/mol. The summed E-state index contributed by atoms with van der Waals surface area (Å²) in [4.78, 5) is 0. The van der Waals surface area contributed by atoms with Gasteiger partial charge in [0.15, 0.2) is 5.79 Å². The molecule has 4 atom stereocenters. The van der Waals surface area contributed by atoms with Crippen molar-refractivity contribution in [1.82, 2.24) is 0 Å². The highest BCUT2D eigenvalue weighted by Crippen LogP contribution is 2.31. The van der Waals surface area contributed by atoms with Crippen LogP contribution in [0.4, 0.5) is 0 Å². The van der Waals surface area contributed by atoms with E-state index in [0.29, 0.717) is 12.8 Å². The van der Waals surface area contributed by atoms with Crippen LogP contribution in [0.25, 0.3) is 0 Å². The van der Waals surface area contributed by atoms with Crippen LogP contribution in [-0.4, -0.2) is 40.4 Å². The van der Waals surface area contributed by atoms with Gasteiger partial charge in [0, 0.05) is 12.8 Å². The topological polar surface area (TPSA) is 58.9 Å². The molecule has 0 aromatic heterocycles. The Balaban J connectivity index is 1.81. The summed E-state index contributed by atoms with van der Waals surface area (Å²) in [6.07, 6.45) is 4.91. The summed E-state index contributed by atoms with van der Waals surface area (Å²) in [5, 5.41) is 19.7. The molecule has 1 aromatic rings. The zero-order valence-corrected chi connectivity index (χ0v) is 15.4. The highest BCUT2D eigenvalue weighted by atomic mass is 16.7. The minimum atomic E-state index is -0.676. The number of benzene rings is 1. The van der Waals surface area contributed by atoms with Crippen molar-refractivity contribution in [3.63, 3.8) is 0 Å². The molecule has 4 heteroatoms. The lowest BCUT2D eigenvalue weighted by molar-refractivity contribution is -0.303. The van der Waals surface area contributed by atoms with E-state index < -0.39 is 18.0 Å². The maximum Gasteiger partial charge on any atom is 0.163 e. The number of ether oxygens (including phenoxy) is 2. The first-order chi connectivity index (χ1) is 11.9. The summed E-state index contributed by atoms with van der Waals surface area (Å²) in [7, 11) is 0. The normalized spacial score (nSPS) is 25.3. The van der Waals surface area contributed by atoms with Crippen LogP contribution < -0.4 is 0 Å². The molecule has 0 saturated carbocycles. The van der Waals surface area contributed by atoms with Crippen molar-refractivity contribution >= 4 is 0 Å². The summed E-state index contributed by atoms with van der Waals surface area (Å²) in [6.45, 7) is 7.39. The molecule has 1 aromatic carbocycles. The molecule has 0 amide bonds. The Kier molecular flexibility index (Phi) is 7.63. The molecule has 1 aliphatic rings. The zero-order valence-electron chi connectivity index (χ0n) is 15.4. The minimum absolute atomic E-state index is 0.0579. The second-order valence-corrected chi connectivity index (χ2v) is 7.42. The van der Waals surface area contributed by atoms with Gasteiger partial charge in [0.1, 0.15) is 0 Å². The summed E-state index contributed by atoms with van der Waals surface area (Å²) >= 11 is 0. The van der Waals surface area contributed by atoms with Crippen LogP contribution in [0, 0.1) is 0 Å². The predicted molar refractivity (Wildman–Crippen MR) is 99.3 cm³/mol. The number of aryl methyl sites for hydroxylation is 1. The Morgan fingerprint density at radius 3 is 2.56 bits per heavy atom. The van der Waals surface area contributed by atoms with Crippen LogP contribution in [0.5, 0.6) is 0 Å². The van der Waals surface area contributed by atoms with Gasteiger partial charge in [-0.25, -0.2) is 0 Å². The summed E-state index contributed by atoms with van der Waals surface area (Å²) in [5.74, 6) is -0.642. The Hall–Kier alpha value is -1.20. The van der Waals surface area contributed by atoms with E-state index in [1.165, 1.54) is 11.6 Å². The van der Waals surface area contributed by atoms with Gasteiger partial charge in [0.2, 0.25) is 0 Å². The fourth-order valence-electron chi connectivity index (χ4n) is 3.49. The van der Waals surface area contributed by atoms with Crippen LogP contribution in [0.1, 0.15) is 51.5 Å². The van der Waals surface area contributed by atoms with E-state index in [4.69, 9.17) is 9.47 Å². The van der Waals surface area contributed by atoms with Crippen molar-refractivity contribution < 1.29 is 19.7 Å². The van der Waals surface area contributed by atoms with Gasteiger partial charge in [-0.05, 0) is 45.1 Å². The van der Waals surface area contributed by atoms with Crippen LogP contribution in [0.15, 0.2) is 43.0 Å². The van der Waals surface area contributed by atoms with E-state index in [1.807, 2.05) is 19.9 Å². The van der Waals surface area contributed by atoms with Gasteiger partial charge in [-0.15, -0.1) is 6.58 Å². The van der Waals surface area contributed by atoms with E-state index in [-0.39, 0.29) is 12.2 Å². The second-order valence-electron chi connectivity index (χ2n) is 7.42. The molecule has 2 N–H and O–H groups in total. The number of aliphatic hydroxyl groups is 2. The van der Waals surface area contributed by atoms with Gasteiger partial charge in [0.25, 0.3) is 0 Å². The molecule has 0 radical (unpaired) electrons. The van der Waals surface area contributed by atoms with Crippen molar-refractivity contribution in [2.45, 2.75) is 82.6 Å². The van der Waals surface area contributed by atoms with Gasteiger partial charge in [-0.2, -0.15) is 0 Å². The third kappa shape index (κ3) is 7.28. The third-order valence-corrected chi connectivity index (χ3v) is 4.58. The van der Waals surface area contributed by atoms with Crippen LogP contribution in [0.3, 0.4) is 0 Å². The summed E-state index contributed by atoms with van der Waals surface area (Å²) in [5.41, 5.74) is 1.35. The standard InChI is InChI=1S/C21H32O4/c1-4-17(22)13-18(23)14-20-15-19(24-21(2,3)25-20)12-8-11-16-9-6-5-7-10-16/h4-7,9-10,17-20,22-23H,1,8,11-15H2,2-3H3. The molecule has 1 saturated heterocycles. The molecule has 25 heavy (non-hydrogen) atoms.